The first-order valence-corrected chi connectivity index (χ1v) is 7.08. The van der Waals surface area contributed by atoms with Crippen LogP contribution in [0.4, 0.5) is 5.82 Å². The van der Waals surface area contributed by atoms with E-state index in [1.807, 2.05) is 30.0 Å². The van der Waals surface area contributed by atoms with Gasteiger partial charge in [0.05, 0.1) is 6.54 Å². The van der Waals surface area contributed by atoms with Gasteiger partial charge >= 0.3 is 0 Å². The Labute approximate surface area is 118 Å². The van der Waals surface area contributed by atoms with Gasteiger partial charge in [-0.05, 0) is 12.8 Å². The normalized spacial score (nSPS) is 21.9. The van der Waals surface area contributed by atoms with Crippen LogP contribution in [0, 0.1) is 5.92 Å². The predicted molar refractivity (Wildman–Crippen MR) is 74.7 cm³/mol. The Morgan fingerprint density at radius 2 is 2.15 bits per heavy atom. The van der Waals surface area contributed by atoms with E-state index < -0.39 is 0 Å². The molecule has 1 saturated heterocycles. The van der Waals surface area contributed by atoms with Crippen LogP contribution in [0.25, 0.3) is 0 Å². The van der Waals surface area contributed by atoms with Gasteiger partial charge in [0.2, 0.25) is 11.8 Å². The number of nitrogens with zero attached hydrogens (tertiary/aromatic N) is 4. The molecule has 0 aromatic carbocycles. The number of anilines is 1. The lowest BCUT2D eigenvalue weighted by Gasteiger charge is -2.17. The third-order valence-electron chi connectivity index (χ3n) is 3.76. The molecule has 1 aliphatic heterocycles. The Morgan fingerprint density at radius 3 is 2.85 bits per heavy atom. The number of ether oxygens (including phenoxy) is 1. The lowest BCUT2D eigenvalue weighted by atomic mass is 10.3. The number of carbonyl (C=O) groups excluding carboxylic acids is 1. The van der Waals surface area contributed by atoms with Crippen molar-refractivity contribution in [1.29, 1.82) is 0 Å². The maximum Gasteiger partial charge on any atom is 0.225 e. The van der Waals surface area contributed by atoms with Gasteiger partial charge < -0.3 is 14.5 Å². The van der Waals surface area contributed by atoms with Gasteiger partial charge in [-0.3, -0.25) is 4.79 Å². The molecule has 2 heterocycles. The highest BCUT2D eigenvalue weighted by molar-refractivity contribution is 5.81. The van der Waals surface area contributed by atoms with E-state index in [0.717, 1.165) is 31.6 Å². The van der Waals surface area contributed by atoms with Crippen molar-refractivity contribution in [3.63, 3.8) is 0 Å². The number of carbonyl (C=O) groups is 1. The number of likely N-dealkylation sites (tertiary alicyclic amines) is 1. The van der Waals surface area contributed by atoms with Crippen molar-refractivity contribution < 1.29 is 9.53 Å². The summed E-state index contributed by atoms with van der Waals surface area (Å²) < 4.78 is 5.88. The maximum atomic E-state index is 12.0. The van der Waals surface area contributed by atoms with Crippen LogP contribution in [0.15, 0.2) is 12.4 Å². The van der Waals surface area contributed by atoms with Gasteiger partial charge in [-0.2, -0.15) is 0 Å². The summed E-state index contributed by atoms with van der Waals surface area (Å²) >= 11 is 0. The van der Waals surface area contributed by atoms with Gasteiger partial charge in [0.15, 0.2) is 0 Å². The fourth-order valence-electron chi connectivity index (χ4n) is 2.42. The fourth-order valence-corrected chi connectivity index (χ4v) is 2.42. The molecule has 0 radical (unpaired) electrons. The molecule has 1 aromatic rings. The first-order chi connectivity index (χ1) is 9.63. The van der Waals surface area contributed by atoms with Crippen molar-refractivity contribution in [2.45, 2.75) is 25.4 Å². The minimum absolute atomic E-state index is 0.0441. The fraction of sp³-hybridized carbons (Fsp3) is 0.643. The molecule has 2 fully saturated rings. The number of amides is 1. The molecule has 1 amide bonds. The van der Waals surface area contributed by atoms with Gasteiger partial charge in [0.1, 0.15) is 18.2 Å². The van der Waals surface area contributed by atoms with Crippen LogP contribution in [0.3, 0.4) is 0 Å². The lowest BCUT2D eigenvalue weighted by Crippen LogP contribution is -2.32. The molecule has 6 nitrogen and oxygen atoms in total. The monoisotopic (exact) mass is 276 g/mol. The molecular weight excluding hydrogens is 256 g/mol. The first kappa shape index (κ1) is 13.1. The Balaban J connectivity index is 1.58. The van der Waals surface area contributed by atoms with E-state index in [1.165, 1.54) is 6.33 Å². The molecule has 108 valence electrons. The van der Waals surface area contributed by atoms with E-state index in [2.05, 4.69) is 9.97 Å². The van der Waals surface area contributed by atoms with Crippen LogP contribution >= 0.6 is 0 Å². The van der Waals surface area contributed by atoms with Crippen molar-refractivity contribution in [1.82, 2.24) is 14.9 Å². The zero-order valence-corrected chi connectivity index (χ0v) is 12.0. The number of rotatable bonds is 4. The maximum absolute atomic E-state index is 12.0. The number of aromatic nitrogens is 2. The molecule has 6 heteroatoms. The summed E-state index contributed by atoms with van der Waals surface area (Å²) in [6.07, 6.45) is 4.53. The third-order valence-corrected chi connectivity index (χ3v) is 3.76. The summed E-state index contributed by atoms with van der Waals surface area (Å²) in [4.78, 5) is 24.1. The summed E-state index contributed by atoms with van der Waals surface area (Å²) in [7, 11) is 3.86. The lowest BCUT2D eigenvalue weighted by molar-refractivity contribution is -0.131. The van der Waals surface area contributed by atoms with Crippen LogP contribution in [0.2, 0.25) is 0 Å². The number of hydrogen-bond acceptors (Lipinski definition) is 5. The second kappa shape index (κ2) is 5.26. The van der Waals surface area contributed by atoms with Gasteiger partial charge in [-0.15, -0.1) is 0 Å². The first-order valence-electron chi connectivity index (χ1n) is 7.08. The molecule has 3 rings (SSSR count). The minimum atomic E-state index is 0.0441. The Bertz CT molecular complexity index is 502. The van der Waals surface area contributed by atoms with Crippen molar-refractivity contribution >= 4 is 11.7 Å². The molecule has 0 spiro atoms. The minimum Gasteiger partial charge on any atom is -0.472 e. The predicted octanol–water partition coefficient (Wildman–Crippen LogP) is 0.932. The standard InChI is InChI=1S/C14H20N4O2/c1-17(2)12-7-13(16-9-15-12)20-11-5-6-18(8-11)14(19)10-3-4-10/h7,9-11H,3-6,8H2,1-2H3. The van der Waals surface area contributed by atoms with Gasteiger partial charge in [-0.25, -0.2) is 9.97 Å². The van der Waals surface area contributed by atoms with Crippen molar-refractivity contribution in [3.05, 3.63) is 12.4 Å². The molecule has 1 unspecified atom stereocenters. The molecule has 0 N–H and O–H groups in total. The van der Waals surface area contributed by atoms with E-state index in [-0.39, 0.29) is 12.0 Å². The molecule has 2 aliphatic rings. The Morgan fingerprint density at radius 1 is 1.35 bits per heavy atom. The van der Waals surface area contributed by atoms with Crippen LogP contribution in [-0.4, -0.2) is 54.1 Å². The molecule has 1 saturated carbocycles. The Hall–Kier alpha value is -1.85. The summed E-state index contributed by atoms with van der Waals surface area (Å²) in [6, 6.07) is 1.82. The largest absolute Gasteiger partial charge is 0.472 e. The van der Waals surface area contributed by atoms with E-state index in [4.69, 9.17) is 4.74 Å². The van der Waals surface area contributed by atoms with Gasteiger partial charge in [-0.1, -0.05) is 0 Å². The van der Waals surface area contributed by atoms with E-state index in [0.29, 0.717) is 18.3 Å². The highest BCUT2D eigenvalue weighted by Crippen LogP contribution is 2.32. The van der Waals surface area contributed by atoms with Crippen LogP contribution in [0.1, 0.15) is 19.3 Å². The summed E-state index contributed by atoms with van der Waals surface area (Å²) in [6.45, 7) is 1.47. The van der Waals surface area contributed by atoms with Crippen LogP contribution in [-0.2, 0) is 4.79 Å². The smallest absolute Gasteiger partial charge is 0.225 e. The molecule has 1 aliphatic carbocycles. The highest BCUT2D eigenvalue weighted by atomic mass is 16.5. The second-order valence-corrected chi connectivity index (χ2v) is 5.70. The average Bonchev–Trinajstić information content (AvgIpc) is 3.19. The van der Waals surface area contributed by atoms with Crippen molar-refractivity contribution in [3.8, 4) is 5.88 Å². The van der Waals surface area contributed by atoms with E-state index in [9.17, 15) is 4.79 Å². The Kier molecular flexibility index (Phi) is 3.46. The number of hydrogen-bond donors (Lipinski definition) is 0. The van der Waals surface area contributed by atoms with Crippen LogP contribution in [0.5, 0.6) is 5.88 Å². The van der Waals surface area contributed by atoms with Crippen LogP contribution < -0.4 is 9.64 Å². The molecule has 20 heavy (non-hydrogen) atoms. The second-order valence-electron chi connectivity index (χ2n) is 5.70. The zero-order chi connectivity index (χ0) is 14.1. The summed E-state index contributed by atoms with van der Waals surface area (Å²) in [5, 5.41) is 0. The molecule has 1 atom stereocenters. The van der Waals surface area contributed by atoms with Gasteiger partial charge in [0.25, 0.3) is 0 Å². The van der Waals surface area contributed by atoms with E-state index >= 15 is 0 Å². The van der Waals surface area contributed by atoms with E-state index in [1.54, 1.807) is 0 Å². The van der Waals surface area contributed by atoms with Gasteiger partial charge in [0, 0.05) is 39.0 Å². The zero-order valence-electron chi connectivity index (χ0n) is 12.0. The molecule has 0 bridgehead atoms. The molecular formula is C14H20N4O2. The third kappa shape index (κ3) is 2.84. The molecule has 1 aromatic heterocycles. The van der Waals surface area contributed by atoms with Crippen molar-refractivity contribution in [2.24, 2.45) is 5.92 Å². The summed E-state index contributed by atoms with van der Waals surface area (Å²) in [5.41, 5.74) is 0. The quantitative estimate of drug-likeness (QED) is 0.819. The van der Waals surface area contributed by atoms with Crippen molar-refractivity contribution in [2.75, 3.05) is 32.1 Å². The average molecular weight is 276 g/mol. The summed E-state index contributed by atoms with van der Waals surface area (Å²) in [5.74, 6) is 1.98. The topological polar surface area (TPSA) is 58.6 Å². The SMILES string of the molecule is CN(C)c1cc(OC2CCN(C(=O)C3CC3)C2)ncn1. The highest BCUT2D eigenvalue weighted by Gasteiger charge is 2.37.